The van der Waals surface area contributed by atoms with E-state index in [1.54, 1.807) is 6.92 Å². The second kappa shape index (κ2) is 8.68. The zero-order chi connectivity index (χ0) is 20.2. The van der Waals surface area contributed by atoms with Crippen molar-refractivity contribution < 1.29 is 14.3 Å². The number of nitrogens with zero attached hydrogens (tertiary/aromatic N) is 4. The van der Waals surface area contributed by atoms with Gasteiger partial charge < -0.3 is 19.3 Å². The minimum Gasteiger partial charge on any atom is -0.494 e. The highest BCUT2D eigenvalue weighted by atomic mass is 16.5. The standard InChI is InChI=1S/C22H28N4O3/c1-3-28-18-7-9-19(10-8-18)29-16(2)22(27)26-13-11-25(12-14-26)21-15-17-5-4-6-20(17)23-24-21/h7-10,15-16H,3-6,11-14H2,1-2H3. The van der Waals surface area contributed by atoms with Crippen LogP contribution in [0.5, 0.6) is 11.5 Å². The summed E-state index contributed by atoms with van der Waals surface area (Å²) in [5.74, 6) is 2.40. The molecule has 1 saturated heterocycles. The highest BCUT2D eigenvalue weighted by Crippen LogP contribution is 2.24. The van der Waals surface area contributed by atoms with Crippen LogP contribution in [0, 0.1) is 0 Å². The molecule has 154 valence electrons. The molecule has 29 heavy (non-hydrogen) atoms. The molecule has 1 unspecified atom stereocenters. The zero-order valence-corrected chi connectivity index (χ0v) is 17.1. The summed E-state index contributed by atoms with van der Waals surface area (Å²) < 4.78 is 11.3. The summed E-state index contributed by atoms with van der Waals surface area (Å²) in [6, 6.07) is 9.54. The van der Waals surface area contributed by atoms with Crippen molar-refractivity contribution in [3.8, 4) is 11.5 Å². The fourth-order valence-corrected chi connectivity index (χ4v) is 3.92. The van der Waals surface area contributed by atoms with Crippen LogP contribution in [0.25, 0.3) is 0 Å². The number of amides is 1. The van der Waals surface area contributed by atoms with E-state index in [2.05, 4.69) is 21.2 Å². The summed E-state index contributed by atoms with van der Waals surface area (Å²) in [5.41, 5.74) is 2.47. The monoisotopic (exact) mass is 396 g/mol. The third-order valence-corrected chi connectivity index (χ3v) is 5.52. The number of aromatic nitrogens is 2. The van der Waals surface area contributed by atoms with Gasteiger partial charge in [-0.15, -0.1) is 5.10 Å². The summed E-state index contributed by atoms with van der Waals surface area (Å²) in [6.45, 7) is 7.21. The topological polar surface area (TPSA) is 67.8 Å². The number of hydrogen-bond donors (Lipinski definition) is 0. The molecule has 1 aromatic heterocycles. The fraction of sp³-hybridized carbons (Fsp3) is 0.500. The minimum atomic E-state index is -0.528. The molecule has 1 aliphatic heterocycles. The normalized spacial score (nSPS) is 17.0. The Labute approximate surface area is 171 Å². The second-order valence-corrected chi connectivity index (χ2v) is 7.50. The Hall–Kier alpha value is -2.83. The molecule has 1 aromatic carbocycles. The van der Waals surface area contributed by atoms with E-state index in [9.17, 15) is 4.79 Å². The molecule has 1 amide bonds. The van der Waals surface area contributed by atoms with E-state index in [0.29, 0.717) is 25.4 Å². The molecule has 2 aromatic rings. The minimum absolute atomic E-state index is 0.0126. The maximum absolute atomic E-state index is 12.8. The number of carbonyl (C=O) groups is 1. The molecule has 0 bridgehead atoms. The number of rotatable bonds is 6. The molecule has 1 fully saturated rings. The Bertz CT molecular complexity index is 848. The summed E-state index contributed by atoms with van der Waals surface area (Å²) in [4.78, 5) is 16.9. The van der Waals surface area contributed by atoms with Gasteiger partial charge in [0.1, 0.15) is 11.5 Å². The maximum atomic E-state index is 12.8. The number of carbonyl (C=O) groups excluding carboxylic acids is 1. The molecule has 2 aliphatic rings. The van der Waals surface area contributed by atoms with Crippen molar-refractivity contribution in [2.75, 3.05) is 37.7 Å². The number of fused-ring (bicyclic) bond motifs is 1. The number of anilines is 1. The Morgan fingerprint density at radius 3 is 2.52 bits per heavy atom. The van der Waals surface area contributed by atoms with Crippen molar-refractivity contribution in [3.05, 3.63) is 41.6 Å². The van der Waals surface area contributed by atoms with Gasteiger partial charge in [-0.05, 0) is 69.0 Å². The Kier molecular flexibility index (Phi) is 5.83. The molecular weight excluding hydrogens is 368 g/mol. The summed E-state index contributed by atoms with van der Waals surface area (Å²) in [7, 11) is 0. The fourth-order valence-electron chi connectivity index (χ4n) is 3.92. The predicted octanol–water partition coefficient (Wildman–Crippen LogP) is 2.48. The van der Waals surface area contributed by atoms with Crippen molar-refractivity contribution in [3.63, 3.8) is 0 Å². The maximum Gasteiger partial charge on any atom is 0.263 e. The van der Waals surface area contributed by atoms with Crippen molar-refractivity contribution in [1.82, 2.24) is 15.1 Å². The molecule has 2 heterocycles. The van der Waals surface area contributed by atoms with Crippen LogP contribution >= 0.6 is 0 Å². The molecule has 0 spiro atoms. The van der Waals surface area contributed by atoms with Crippen LogP contribution in [-0.4, -0.2) is 59.9 Å². The lowest BCUT2D eigenvalue weighted by Crippen LogP contribution is -2.52. The molecule has 0 N–H and O–H groups in total. The lowest BCUT2D eigenvalue weighted by molar-refractivity contribution is -0.138. The molecular formula is C22H28N4O3. The van der Waals surface area contributed by atoms with Crippen LogP contribution in [0.1, 0.15) is 31.5 Å². The first-order valence-corrected chi connectivity index (χ1v) is 10.4. The molecule has 0 saturated carbocycles. The summed E-state index contributed by atoms with van der Waals surface area (Å²) in [5, 5.41) is 8.77. The van der Waals surface area contributed by atoms with Crippen LogP contribution in [0.15, 0.2) is 30.3 Å². The van der Waals surface area contributed by atoms with Gasteiger partial charge in [0.2, 0.25) is 0 Å². The number of benzene rings is 1. The first-order chi connectivity index (χ1) is 14.1. The van der Waals surface area contributed by atoms with E-state index < -0.39 is 6.10 Å². The first-order valence-electron chi connectivity index (χ1n) is 10.4. The van der Waals surface area contributed by atoms with Gasteiger partial charge in [0.25, 0.3) is 5.91 Å². The smallest absolute Gasteiger partial charge is 0.263 e. The lowest BCUT2D eigenvalue weighted by atomic mass is 10.2. The molecule has 7 nitrogen and oxygen atoms in total. The second-order valence-electron chi connectivity index (χ2n) is 7.50. The van der Waals surface area contributed by atoms with Crippen LogP contribution in [-0.2, 0) is 17.6 Å². The van der Waals surface area contributed by atoms with Crippen molar-refractivity contribution in [2.45, 2.75) is 39.2 Å². The van der Waals surface area contributed by atoms with Crippen LogP contribution in [0.4, 0.5) is 5.82 Å². The zero-order valence-electron chi connectivity index (χ0n) is 17.1. The van der Waals surface area contributed by atoms with Gasteiger partial charge in [-0.25, -0.2) is 0 Å². The summed E-state index contributed by atoms with van der Waals surface area (Å²) >= 11 is 0. The quantitative estimate of drug-likeness (QED) is 0.747. The van der Waals surface area contributed by atoms with Gasteiger partial charge in [0.15, 0.2) is 11.9 Å². The van der Waals surface area contributed by atoms with Crippen molar-refractivity contribution in [1.29, 1.82) is 0 Å². The van der Waals surface area contributed by atoms with E-state index in [0.717, 1.165) is 43.2 Å². The van der Waals surface area contributed by atoms with E-state index >= 15 is 0 Å². The van der Waals surface area contributed by atoms with E-state index in [4.69, 9.17) is 9.47 Å². The Morgan fingerprint density at radius 2 is 1.79 bits per heavy atom. The molecule has 1 aliphatic carbocycles. The highest BCUT2D eigenvalue weighted by molar-refractivity contribution is 5.81. The molecule has 4 rings (SSSR count). The van der Waals surface area contributed by atoms with Gasteiger partial charge in [0, 0.05) is 26.2 Å². The Balaban J connectivity index is 1.30. The lowest BCUT2D eigenvalue weighted by Gasteiger charge is -2.36. The number of aryl methyl sites for hydroxylation is 2. The van der Waals surface area contributed by atoms with Crippen molar-refractivity contribution in [2.24, 2.45) is 0 Å². The van der Waals surface area contributed by atoms with Crippen LogP contribution < -0.4 is 14.4 Å². The van der Waals surface area contributed by atoms with E-state index in [-0.39, 0.29) is 5.91 Å². The number of hydrogen-bond acceptors (Lipinski definition) is 6. The van der Waals surface area contributed by atoms with Crippen LogP contribution in [0.3, 0.4) is 0 Å². The predicted molar refractivity (Wildman–Crippen MR) is 111 cm³/mol. The number of piperazine rings is 1. The average Bonchev–Trinajstić information content (AvgIpc) is 3.23. The van der Waals surface area contributed by atoms with Gasteiger partial charge in [-0.2, -0.15) is 5.10 Å². The van der Waals surface area contributed by atoms with Crippen LogP contribution in [0.2, 0.25) is 0 Å². The summed E-state index contributed by atoms with van der Waals surface area (Å²) in [6.07, 6.45) is 2.77. The molecule has 0 radical (unpaired) electrons. The van der Waals surface area contributed by atoms with Crippen molar-refractivity contribution >= 4 is 11.7 Å². The van der Waals surface area contributed by atoms with Gasteiger partial charge in [-0.3, -0.25) is 4.79 Å². The van der Waals surface area contributed by atoms with Gasteiger partial charge in [-0.1, -0.05) is 0 Å². The SMILES string of the molecule is CCOc1ccc(OC(C)C(=O)N2CCN(c3cc4c(nn3)CCC4)CC2)cc1. The number of ether oxygens (including phenoxy) is 2. The van der Waals surface area contributed by atoms with Gasteiger partial charge in [0.05, 0.1) is 12.3 Å². The largest absolute Gasteiger partial charge is 0.494 e. The molecule has 7 heteroatoms. The van der Waals surface area contributed by atoms with Gasteiger partial charge >= 0.3 is 0 Å². The third kappa shape index (κ3) is 4.44. The average molecular weight is 396 g/mol. The first kappa shape index (κ1) is 19.5. The third-order valence-electron chi connectivity index (χ3n) is 5.52. The Morgan fingerprint density at radius 1 is 1.07 bits per heavy atom. The molecule has 1 atom stereocenters. The van der Waals surface area contributed by atoms with E-state index in [1.807, 2.05) is 36.1 Å². The highest BCUT2D eigenvalue weighted by Gasteiger charge is 2.27. The van der Waals surface area contributed by atoms with E-state index in [1.165, 1.54) is 12.0 Å².